The number of para-hydroxylation sites is 2. The van der Waals surface area contributed by atoms with Crippen LogP contribution in [-0.4, -0.2) is 12.9 Å². The fourth-order valence-corrected chi connectivity index (χ4v) is 3.86. The van der Waals surface area contributed by atoms with Gasteiger partial charge in [0.25, 0.3) is 0 Å². The van der Waals surface area contributed by atoms with Crippen LogP contribution in [0.25, 0.3) is 0 Å². The van der Waals surface area contributed by atoms with Gasteiger partial charge < -0.3 is 0 Å². The van der Waals surface area contributed by atoms with Gasteiger partial charge in [-0.15, -0.1) is 11.6 Å². The minimum Gasteiger partial charge on any atom is -0.300 e. The van der Waals surface area contributed by atoms with Gasteiger partial charge >= 0.3 is 0 Å². The first kappa shape index (κ1) is 13.7. The second-order valence-corrected chi connectivity index (χ2v) is 6.28. The van der Waals surface area contributed by atoms with E-state index in [0.29, 0.717) is 11.9 Å². The Kier molecular flexibility index (Phi) is 4.08. The van der Waals surface area contributed by atoms with E-state index in [1.165, 1.54) is 16.9 Å². The highest BCUT2D eigenvalue weighted by Crippen LogP contribution is 2.48. The van der Waals surface area contributed by atoms with Gasteiger partial charge in [0.2, 0.25) is 0 Å². The van der Waals surface area contributed by atoms with E-state index < -0.39 is 0 Å². The normalized spacial score (nSPS) is 15.3. The van der Waals surface area contributed by atoms with Crippen molar-refractivity contribution in [2.45, 2.75) is 12.5 Å². The SMILES string of the molecule is CN1SN(C(CCCl)c2ccccc2)c2ccccc21. The minimum atomic E-state index is 0.296. The van der Waals surface area contributed by atoms with Crippen molar-refractivity contribution in [3.63, 3.8) is 0 Å². The van der Waals surface area contributed by atoms with Gasteiger partial charge in [0.1, 0.15) is 0 Å². The van der Waals surface area contributed by atoms with E-state index in [9.17, 15) is 0 Å². The molecule has 0 spiro atoms. The zero-order valence-electron chi connectivity index (χ0n) is 11.4. The Morgan fingerprint density at radius 3 is 2.35 bits per heavy atom. The van der Waals surface area contributed by atoms with Gasteiger partial charge in [0, 0.05) is 12.9 Å². The molecule has 1 heterocycles. The Morgan fingerprint density at radius 2 is 1.65 bits per heavy atom. The third kappa shape index (κ3) is 2.48. The fraction of sp³-hybridized carbons (Fsp3) is 0.250. The summed E-state index contributed by atoms with van der Waals surface area (Å²) < 4.78 is 4.58. The van der Waals surface area contributed by atoms with Gasteiger partial charge in [-0.2, -0.15) is 0 Å². The molecule has 2 nitrogen and oxygen atoms in total. The highest BCUT2D eigenvalue weighted by atomic mass is 35.5. The van der Waals surface area contributed by atoms with Crippen LogP contribution in [0.5, 0.6) is 0 Å². The van der Waals surface area contributed by atoms with Crippen molar-refractivity contribution in [2.24, 2.45) is 0 Å². The van der Waals surface area contributed by atoms with Gasteiger partial charge in [0.15, 0.2) is 0 Å². The Bertz CT molecular complexity index is 576. The molecule has 0 bridgehead atoms. The van der Waals surface area contributed by atoms with Crippen molar-refractivity contribution in [1.29, 1.82) is 0 Å². The molecule has 0 fully saturated rings. The van der Waals surface area contributed by atoms with Crippen LogP contribution in [0.4, 0.5) is 11.4 Å². The number of rotatable bonds is 4. The third-order valence-electron chi connectivity index (χ3n) is 3.52. The van der Waals surface area contributed by atoms with E-state index in [1.807, 2.05) is 0 Å². The molecule has 0 amide bonds. The van der Waals surface area contributed by atoms with Crippen LogP contribution in [0.2, 0.25) is 0 Å². The topological polar surface area (TPSA) is 6.48 Å². The van der Waals surface area contributed by atoms with Gasteiger partial charge in [-0.3, -0.25) is 8.61 Å². The predicted octanol–water partition coefficient (Wildman–Crippen LogP) is 4.88. The maximum absolute atomic E-state index is 6.04. The minimum absolute atomic E-state index is 0.296. The van der Waals surface area contributed by atoms with Crippen molar-refractivity contribution in [3.8, 4) is 0 Å². The molecule has 4 heteroatoms. The average Bonchev–Trinajstić information content (AvgIpc) is 2.83. The Morgan fingerprint density at radius 1 is 1.00 bits per heavy atom. The number of anilines is 2. The van der Waals surface area contributed by atoms with Crippen molar-refractivity contribution < 1.29 is 0 Å². The number of nitrogens with zero attached hydrogens (tertiary/aromatic N) is 2. The Labute approximate surface area is 129 Å². The lowest BCUT2D eigenvalue weighted by Crippen LogP contribution is -2.21. The van der Waals surface area contributed by atoms with Crippen LogP contribution in [0.15, 0.2) is 54.6 Å². The zero-order valence-corrected chi connectivity index (χ0v) is 12.9. The average molecular weight is 305 g/mol. The molecule has 2 aromatic rings. The molecule has 0 aliphatic carbocycles. The molecule has 0 N–H and O–H groups in total. The first-order chi connectivity index (χ1) is 9.81. The highest BCUT2D eigenvalue weighted by molar-refractivity contribution is 8.02. The largest absolute Gasteiger partial charge is 0.300 e. The molecule has 3 rings (SSSR count). The summed E-state index contributed by atoms with van der Waals surface area (Å²) in [6.07, 6.45) is 0.931. The molecule has 1 unspecified atom stereocenters. The van der Waals surface area contributed by atoms with Gasteiger partial charge in [-0.25, -0.2) is 0 Å². The number of hydrogen-bond acceptors (Lipinski definition) is 3. The standard InChI is InChI=1S/C16H17ClN2S/c1-18-15-9-5-6-10-16(15)19(20-18)14(11-12-17)13-7-3-2-4-8-13/h2-10,14H,11-12H2,1H3. The summed E-state index contributed by atoms with van der Waals surface area (Å²) >= 11 is 7.78. The van der Waals surface area contributed by atoms with Crippen molar-refractivity contribution in [1.82, 2.24) is 0 Å². The van der Waals surface area contributed by atoms with Gasteiger partial charge in [0.05, 0.1) is 29.6 Å². The second kappa shape index (κ2) is 5.98. The lowest BCUT2D eigenvalue weighted by molar-refractivity contribution is 0.712. The smallest absolute Gasteiger partial charge is 0.0736 e. The van der Waals surface area contributed by atoms with Crippen molar-refractivity contribution >= 4 is 35.1 Å². The monoisotopic (exact) mass is 304 g/mol. The lowest BCUT2D eigenvalue weighted by Gasteiger charge is -2.28. The van der Waals surface area contributed by atoms with Crippen LogP contribution < -0.4 is 8.61 Å². The van der Waals surface area contributed by atoms with E-state index in [0.717, 1.165) is 6.42 Å². The molecule has 0 saturated heterocycles. The van der Waals surface area contributed by atoms with E-state index in [2.05, 4.69) is 70.3 Å². The fourth-order valence-electron chi connectivity index (χ4n) is 2.56. The first-order valence-corrected chi connectivity index (χ1v) is 7.98. The Hall–Kier alpha value is -1.32. The summed E-state index contributed by atoms with van der Waals surface area (Å²) in [6.45, 7) is 0. The number of fused-ring (bicyclic) bond motifs is 1. The van der Waals surface area contributed by atoms with E-state index in [1.54, 1.807) is 12.1 Å². The highest BCUT2D eigenvalue weighted by Gasteiger charge is 2.30. The summed E-state index contributed by atoms with van der Waals surface area (Å²) in [5.41, 5.74) is 3.83. The third-order valence-corrected chi connectivity index (χ3v) is 4.81. The van der Waals surface area contributed by atoms with Gasteiger partial charge in [-0.1, -0.05) is 42.5 Å². The van der Waals surface area contributed by atoms with E-state index in [4.69, 9.17) is 11.6 Å². The van der Waals surface area contributed by atoms with Crippen LogP contribution in [0.3, 0.4) is 0 Å². The van der Waals surface area contributed by atoms with Crippen molar-refractivity contribution in [2.75, 3.05) is 21.5 Å². The second-order valence-electron chi connectivity index (χ2n) is 4.80. The molecule has 20 heavy (non-hydrogen) atoms. The summed E-state index contributed by atoms with van der Waals surface area (Å²) in [5, 5.41) is 0. The molecule has 0 aromatic heterocycles. The van der Waals surface area contributed by atoms with Gasteiger partial charge in [-0.05, 0) is 24.1 Å². The summed E-state index contributed by atoms with van der Waals surface area (Å²) in [5.74, 6) is 0.655. The molecule has 104 valence electrons. The number of halogens is 1. The number of benzene rings is 2. The zero-order chi connectivity index (χ0) is 13.9. The molecular formula is C16H17ClN2S. The molecule has 0 radical (unpaired) electrons. The maximum Gasteiger partial charge on any atom is 0.0736 e. The van der Waals surface area contributed by atoms with E-state index in [-0.39, 0.29) is 0 Å². The summed E-state index contributed by atoms with van der Waals surface area (Å²) in [7, 11) is 2.10. The van der Waals surface area contributed by atoms with Crippen molar-refractivity contribution in [3.05, 3.63) is 60.2 Å². The molecule has 1 aliphatic rings. The molecule has 0 saturated carbocycles. The molecule has 1 aliphatic heterocycles. The number of alkyl halides is 1. The predicted molar refractivity (Wildman–Crippen MR) is 89.4 cm³/mol. The van der Waals surface area contributed by atoms with Crippen LogP contribution in [0, 0.1) is 0 Å². The molecular weight excluding hydrogens is 288 g/mol. The first-order valence-electron chi connectivity index (χ1n) is 6.72. The van der Waals surface area contributed by atoms with Crippen LogP contribution >= 0.6 is 23.7 Å². The maximum atomic E-state index is 6.04. The summed E-state index contributed by atoms with van der Waals surface area (Å²) in [4.78, 5) is 0. The summed E-state index contributed by atoms with van der Waals surface area (Å²) in [6, 6.07) is 19.4. The molecule has 1 atom stereocenters. The lowest BCUT2D eigenvalue weighted by atomic mass is 10.0. The van der Waals surface area contributed by atoms with E-state index >= 15 is 0 Å². The Balaban J connectivity index is 1.98. The number of hydrogen-bond donors (Lipinski definition) is 0. The molecule has 2 aromatic carbocycles. The van der Waals surface area contributed by atoms with Crippen LogP contribution in [-0.2, 0) is 0 Å². The van der Waals surface area contributed by atoms with Crippen LogP contribution in [0.1, 0.15) is 18.0 Å². The quantitative estimate of drug-likeness (QED) is 0.587.